The first kappa shape index (κ1) is 27.8. The molecular weight excluding hydrogens is 551 g/mol. The number of ether oxygens (including phenoxy) is 1. The highest BCUT2D eigenvalue weighted by molar-refractivity contribution is 7.89. The number of halogens is 4. The second kappa shape index (κ2) is 10.5. The third-order valence-corrected chi connectivity index (χ3v) is 8.59. The number of hydrogen-bond donors (Lipinski definition) is 1. The number of nitro groups is 1. The van der Waals surface area contributed by atoms with Crippen LogP contribution in [0.25, 0.3) is 0 Å². The number of aryl methyl sites for hydroxylation is 1. The number of benzene rings is 2. The van der Waals surface area contributed by atoms with Crippen LogP contribution in [0.1, 0.15) is 28.3 Å². The van der Waals surface area contributed by atoms with Crippen LogP contribution in [0.3, 0.4) is 0 Å². The SMILES string of the molecule is Cc1c(S(=O)(=O)N2CCOCC2c2cnn(C)c2)ccc(NCc2ccc(C(F)(F)F)cc2Cl)c1[N+](=O)[O-]. The van der Waals surface area contributed by atoms with Crippen LogP contribution in [-0.2, 0) is 34.5 Å². The van der Waals surface area contributed by atoms with Crippen molar-refractivity contribution in [2.45, 2.75) is 30.6 Å². The molecule has 15 heteroatoms. The van der Waals surface area contributed by atoms with Gasteiger partial charge in [0.05, 0.1) is 40.8 Å². The highest BCUT2D eigenvalue weighted by Crippen LogP contribution is 2.38. The van der Waals surface area contributed by atoms with Crippen molar-refractivity contribution in [2.75, 3.05) is 25.1 Å². The number of hydrogen-bond acceptors (Lipinski definition) is 7. The van der Waals surface area contributed by atoms with E-state index in [0.29, 0.717) is 5.56 Å². The summed E-state index contributed by atoms with van der Waals surface area (Å²) in [6.07, 6.45) is -1.35. The van der Waals surface area contributed by atoms with Crippen molar-refractivity contribution in [2.24, 2.45) is 7.05 Å². The van der Waals surface area contributed by atoms with E-state index in [-0.39, 0.29) is 53.0 Å². The minimum atomic E-state index is -4.57. The van der Waals surface area contributed by atoms with Crippen molar-refractivity contribution in [1.82, 2.24) is 14.1 Å². The monoisotopic (exact) mass is 573 g/mol. The molecule has 0 saturated carbocycles. The highest BCUT2D eigenvalue weighted by Gasteiger charge is 2.38. The molecule has 2 heterocycles. The lowest BCUT2D eigenvalue weighted by Crippen LogP contribution is -2.43. The summed E-state index contributed by atoms with van der Waals surface area (Å²) in [4.78, 5) is 11.1. The Morgan fingerprint density at radius 2 is 2.03 bits per heavy atom. The Morgan fingerprint density at radius 3 is 2.63 bits per heavy atom. The molecule has 0 spiro atoms. The lowest BCUT2D eigenvalue weighted by Gasteiger charge is -2.34. The number of rotatable bonds is 7. The summed E-state index contributed by atoms with van der Waals surface area (Å²) in [7, 11) is -2.49. The van der Waals surface area contributed by atoms with E-state index in [2.05, 4.69) is 10.4 Å². The van der Waals surface area contributed by atoms with Gasteiger partial charge in [-0.1, -0.05) is 17.7 Å². The molecule has 1 aliphatic heterocycles. The number of anilines is 1. The van der Waals surface area contributed by atoms with Gasteiger partial charge in [-0.25, -0.2) is 8.42 Å². The van der Waals surface area contributed by atoms with Crippen LogP contribution in [0.5, 0.6) is 0 Å². The molecule has 4 rings (SSSR count). The number of nitro benzene ring substituents is 1. The van der Waals surface area contributed by atoms with E-state index in [9.17, 15) is 31.7 Å². The lowest BCUT2D eigenvalue weighted by atomic mass is 10.1. The van der Waals surface area contributed by atoms with Crippen LogP contribution >= 0.6 is 11.6 Å². The quantitative estimate of drug-likeness (QED) is 0.322. The Bertz CT molecular complexity index is 1480. The molecular formula is C23H23ClF3N5O5S. The average Bonchev–Trinajstić information content (AvgIpc) is 3.28. The maximum Gasteiger partial charge on any atom is 0.416 e. The summed E-state index contributed by atoms with van der Waals surface area (Å²) < 4.78 is 74.4. The van der Waals surface area contributed by atoms with Gasteiger partial charge < -0.3 is 10.1 Å². The molecule has 1 fully saturated rings. The summed E-state index contributed by atoms with van der Waals surface area (Å²) in [6, 6.07) is 4.67. The third kappa shape index (κ3) is 5.48. The maximum absolute atomic E-state index is 13.7. The Hall–Kier alpha value is -3.20. The van der Waals surface area contributed by atoms with Crippen molar-refractivity contribution < 1.29 is 31.2 Å². The molecule has 0 amide bonds. The lowest BCUT2D eigenvalue weighted by molar-refractivity contribution is -0.384. The van der Waals surface area contributed by atoms with Crippen molar-refractivity contribution in [3.8, 4) is 0 Å². The van der Waals surface area contributed by atoms with Gasteiger partial charge in [-0.2, -0.15) is 22.6 Å². The van der Waals surface area contributed by atoms with E-state index >= 15 is 0 Å². The topological polar surface area (TPSA) is 120 Å². The summed E-state index contributed by atoms with van der Waals surface area (Å²) in [5, 5.41) is 18.7. The van der Waals surface area contributed by atoms with Crippen LogP contribution in [-0.4, -0.2) is 47.2 Å². The molecule has 2 aromatic carbocycles. The molecule has 1 saturated heterocycles. The standard InChI is InChI=1S/C23H23ClF3N5O5S/c1-14-21(38(35,36)31-7-8-37-13-20(31)16-11-29-30(2)12-16)6-5-19(22(14)32(33)34)28-10-15-3-4-17(9-18(15)24)23(25,26)27/h3-6,9,11-12,20,28H,7-8,10,13H2,1-2H3. The zero-order valence-corrected chi connectivity index (χ0v) is 21.8. The van der Waals surface area contributed by atoms with Gasteiger partial charge in [-0.15, -0.1) is 0 Å². The third-order valence-electron chi connectivity index (χ3n) is 6.19. The van der Waals surface area contributed by atoms with Gasteiger partial charge in [0, 0.05) is 42.5 Å². The zero-order valence-electron chi connectivity index (χ0n) is 20.2. The van der Waals surface area contributed by atoms with Crippen LogP contribution in [0, 0.1) is 17.0 Å². The molecule has 1 N–H and O–H groups in total. The second-order valence-electron chi connectivity index (χ2n) is 8.65. The number of alkyl halides is 3. The fourth-order valence-corrected chi connectivity index (χ4v) is 6.33. The number of aromatic nitrogens is 2. The van der Waals surface area contributed by atoms with Crippen molar-refractivity contribution in [3.05, 3.63) is 80.1 Å². The molecule has 1 aliphatic rings. The van der Waals surface area contributed by atoms with E-state index in [1.165, 1.54) is 40.3 Å². The van der Waals surface area contributed by atoms with Gasteiger partial charge in [0.15, 0.2) is 0 Å². The Balaban J connectivity index is 1.65. The number of nitrogens with zero attached hydrogens (tertiary/aromatic N) is 4. The van der Waals surface area contributed by atoms with E-state index < -0.39 is 38.4 Å². The fraction of sp³-hybridized carbons (Fsp3) is 0.348. The predicted octanol–water partition coefficient (Wildman–Crippen LogP) is 4.68. The van der Waals surface area contributed by atoms with Gasteiger partial charge in [0.2, 0.25) is 10.0 Å². The minimum Gasteiger partial charge on any atom is -0.378 e. The Kier molecular flexibility index (Phi) is 7.70. The highest BCUT2D eigenvalue weighted by atomic mass is 35.5. The molecule has 0 radical (unpaired) electrons. The van der Waals surface area contributed by atoms with E-state index in [1.54, 1.807) is 13.2 Å². The van der Waals surface area contributed by atoms with Crippen molar-refractivity contribution >= 4 is 33.0 Å². The molecule has 38 heavy (non-hydrogen) atoms. The van der Waals surface area contributed by atoms with E-state index in [1.807, 2.05) is 0 Å². The van der Waals surface area contributed by atoms with Crippen LogP contribution in [0.15, 0.2) is 47.6 Å². The number of nitrogens with one attached hydrogen (secondary N) is 1. The first-order valence-corrected chi connectivity index (χ1v) is 13.1. The second-order valence-corrected chi connectivity index (χ2v) is 10.9. The van der Waals surface area contributed by atoms with E-state index in [0.717, 1.165) is 12.1 Å². The molecule has 0 bridgehead atoms. The summed E-state index contributed by atoms with van der Waals surface area (Å²) in [5.74, 6) is 0. The van der Waals surface area contributed by atoms with Gasteiger partial charge >= 0.3 is 6.18 Å². The molecule has 0 aliphatic carbocycles. The molecule has 1 unspecified atom stereocenters. The van der Waals surface area contributed by atoms with Gasteiger partial charge in [0.1, 0.15) is 5.69 Å². The predicted molar refractivity (Wildman–Crippen MR) is 132 cm³/mol. The first-order valence-electron chi connectivity index (χ1n) is 11.3. The average molecular weight is 574 g/mol. The molecule has 1 atom stereocenters. The Morgan fingerprint density at radius 1 is 1.29 bits per heavy atom. The van der Waals surface area contributed by atoms with Crippen LogP contribution < -0.4 is 5.32 Å². The minimum absolute atomic E-state index is 0.00629. The zero-order chi connectivity index (χ0) is 27.8. The number of morpholine rings is 1. The van der Waals surface area contributed by atoms with Crippen LogP contribution in [0.4, 0.5) is 24.5 Å². The normalized spacial score (nSPS) is 16.9. The summed E-state index contributed by atoms with van der Waals surface area (Å²) >= 11 is 6.00. The smallest absolute Gasteiger partial charge is 0.378 e. The first-order chi connectivity index (χ1) is 17.8. The largest absolute Gasteiger partial charge is 0.416 e. The van der Waals surface area contributed by atoms with E-state index in [4.69, 9.17) is 16.3 Å². The summed E-state index contributed by atoms with van der Waals surface area (Å²) in [5.41, 5.74) is -0.593. The van der Waals surface area contributed by atoms with Gasteiger partial charge in [-0.05, 0) is 36.8 Å². The van der Waals surface area contributed by atoms with Gasteiger partial charge in [0.25, 0.3) is 5.69 Å². The molecule has 1 aromatic heterocycles. The Labute approximate surface area is 221 Å². The number of sulfonamides is 1. The molecule has 204 valence electrons. The van der Waals surface area contributed by atoms with Crippen LogP contribution in [0.2, 0.25) is 5.02 Å². The maximum atomic E-state index is 13.7. The molecule has 10 nitrogen and oxygen atoms in total. The molecule has 3 aromatic rings. The fourth-order valence-electron chi connectivity index (χ4n) is 4.27. The van der Waals surface area contributed by atoms with Crippen molar-refractivity contribution in [3.63, 3.8) is 0 Å². The van der Waals surface area contributed by atoms with Gasteiger partial charge in [-0.3, -0.25) is 14.8 Å². The summed E-state index contributed by atoms with van der Waals surface area (Å²) in [6.45, 7) is 1.50. The van der Waals surface area contributed by atoms with Crippen molar-refractivity contribution in [1.29, 1.82) is 0 Å².